The number of amides is 1. The van der Waals surface area contributed by atoms with Crippen molar-refractivity contribution in [3.05, 3.63) is 0 Å². The molecule has 14 heavy (non-hydrogen) atoms. The molecule has 0 aliphatic carbocycles. The molecule has 84 valence electrons. The number of hydrogen-bond donors (Lipinski definition) is 2. The van der Waals surface area contributed by atoms with Gasteiger partial charge in [-0.25, -0.2) is 0 Å². The fraction of sp³-hybridized carbons (Fsp3) is 0.900. The van der Waals surface area contributed by atoms with Gasteiger partial charge in [0, 0.05) is 26.1 Å². The minimum Gasteiger partial charge on any atom is -0.383 e. The molecule has 0 atom stereocenters. The first-order valence-corrected chi connectivity index (χ1v) is 4.96. The molecule has 0 bridgehead atoms. The van der Waals surface area contributed by atoms with Crippen molar-refractivity contribution in [3.63, 3.8) is 0 Å². The molecule has 1 amide bonds. The van der Waals surface area contributed by atoms with Crippen LogP contribution >= 0.6 is 0 Å². The number of ether oxygens (including phenoxy) is 1. The largest absolute Gasteiger partial charge is 0.383 e. The minimum atomic E-state index is -0.0164. The molecular weight excluding hydrogens is 180 g/mol. The average Bonchev–Trinajstić information content (AvgIpc) is 2.12. The van der Waals surface area contributed by atoms with E-state index in [0.29, 0.717) is 13.0 Å². The van der Waals surface area contributed by atoms with Crippen LogP contribution in [0.2, 0.25) is 0 Å². The van der Waals surface area contributed by atoms with Gasteiger partial charge in [-0.05, 0) is 26.8 Å². The summed E-state index contributed by atoms with van der Waals surface area (Å²) in [6, 6.07) is 0. The molecule has 0 unspecified atom stereocenters. The second kappa shape index (κ2) is 6.79. The zero-order chi connectivity index (χ0) is 11.0. The number of methoxy groups -OCH3 is 1. The summed E-state index contributed by atoms with van der Waals surface area (Å²) in [5.41, 5.74) is -0.0164. The van der Waals surface area contributed by atoms with Crippen LogP contribution in [-0.2, 0) is 9.53 Å². The first-order chi connectivity index (χ1) is 6.52. The lowest BCUT2D eigenvalue weighted by Crippen LogP contribution is -2.43. The first-order valence-electron chi connectivity index (χ1n) is 4.96. The molecule has 0 radical (unpaired) electrons. The van der Waals surface area contributed by atoms with Gasteiger partial charge in [-0.3, -0.25) is 4.79 Å². The molecule has 0 heterocycles. The van der Waals surface area contributed by atoms with E-state index < -0.39 is 0 Å². The second-order valence-electron chi connectivity index (χ2n) is 4.02. The third kappa shape index (κ3) is 6.86. The standard InChI is InChI=1S/C10H22N2O2/c1-10(2,8-14-4)12-7-5-6-9(13)11-3/h12H,5-8H2,1-4H3,(H,11,13). The fourth-order valence-corrected chi connectivity index (χ4v) is 1.21. The molecule has 0 aromatic carbocycles. The van der Waals surface area contributed by atoms with Gasteiger partial charge in [0.2, 0.25) is 5.91 Å². The lowest BCUT2D eigenvalue weighted by molar-refractivity contribution is -0.120. The summed E-state index contributed by atoms with van der Waals surface area (Å²) in [4.78, 5) is 10.9. The molecule has 0 aromatic rings. The summed E-state index contributed by atoms with van der Waals surface area (Å²) in [7, 11) is 3.35. The van der Waals surface area contributed by atoms with Gasteiger partial charge in [0.25, 0.3) is 0 Å². The summed E-state index contributed by atoms with van der Waals surface area (Å²) in [6.45, 7) is 5.67. The van der Waals surface area contributed by atoms with E-state index in [1.807, 2.05) is 0 Å². The third-order valence-corrected chi connectivity index (χ3v) is 1.97. The highest BCUT2D eigenvalue weighted by atomic mass is 16.5. The number of carbonyl (C=O) groups excluding carboxylic acids is 1. The van der Waals surface area contributed by atoms with Crippen molar-refractivity contribution in [2.45, 2.75) is 32.2 Å². The molecule has 0 saturated heterocycles. The van der Waals surface area contributed by atoms with Crippen LogP contribution in [0, 0.1) is 0 Å². The first kappa shape index (κ1) is 13.4. The predicted octanol–water partition coefficient (Wildman–Crippen LogP) is 0.527. The number of carbonyl (C=O) groups is 1. The summed E-state index contributed by atoms with van der Waals surface area (Å²) >= 11 is 0. The van der Waals surface area contributed by atoms with Gasteiger partial charge in [-0.2, -0.15) is 0 Å². The Bertz CT molecular complexity index is 170. The molecule has 0 fully saturated rings. The van der Waals surface area contributed by atoms with Crippen molar-refractivity contribution >= 4 is 5.91 Å². The highest BCUT2D eigenvalue weighted by Gasteiger charge is 2.15. The van der Waals surface area contributed by atoms with Crippen molar-refractivity contribution in [1.82, 2.24) is 10.6 Å². The smallest absolute Gasteiger partial charge is 0.219 e. The molecule has 0 aromatic heterocycles. The number of hydrogen-bond acceptors (Lipinski definition) is 3. The average molecular weight is 202 g/mol. The minimum absolute atomic E-state index is 0.0164. The van der Waals surface area contributed by atoms with E-state index in [2.05, 4.69) is 24.5 Å². The number of rotatable bonds is 7. The van der Waals surface area contributed by atoms with E-state index in [9.17, 15) is 4.79 Å². The normalized spacial score (nSPS) is 11.4. The van der Waals surface area contributed by atoms with Crippen LogP contribution in [0.4, 0.5) is 0 Å². The Morgan fingerprint density at radius 2 is 2.07 bits per heavy atom. The van der Waals surface area contributed by atoms with Crippen molar-refractivity contribution in [1.29, 1.82) is 0 Å². The van der Waals surface area contributed by atoms with Crippen LogP contribution in [-0.4, -0.2) is 38.8 Å². The Kier molecular flexibility index (Phi) is 6.49. The molecule has 4 heteroatoms. The lowest BCUT2D eigenvalue weighted by Gasteiger charge is -2.25. The SMILES string of the molecule is CNC(=O)CCCNC(C)(C)COC. The van der Waals surface area contributed by atoms with E-state index >= 15 is 0 Å². The van der Waals surface area contributed by atoms with Crippen molar-refractivity contribution in [2.75, 3.05) is 27.3 Å². The second-order valence-corrected chi connectivity index (χ2v) is 4.02. The molecule has 4 nitrogen and oxygen atoms in total. The molecule has 0 rings (SSSR count). The summed E-state index contributed by atoms with van der Waals surface area (Å²) in [5.74, 6) is 0.0938. The topological polar surface area (TPSA) is 50.4 Å². The van der Waals surface area contributed by atoms with Gasteiger partial charge < -0.3 is 15.4 Å². The highest BCUT2D eigenvalue weighted by molar-refractivity contribution is 5.75. The lowest BCUT2D eigenvalue weighted by atomic mass is 10.1. The van der Waals surface area contributed by atoms with Crippen LogP contribution in [0.1, 0.15) is 26.7 Å². The van der Waals surface area contributed by atoms with Gasteiger partial charge >= 0.3 is 0 Å². The molecule has 2 N–H and O–H groups in total. The van der Waals surface area contributed by atoms with Gasteiger partial charge in [0.15, 0.2) is 0 Å². The van der Waals surface area contributed by atoms with Gasteiger partial charge in [0.1, 0.15) is 0 Å². The van der Waals surface area contributed by atoms with Crippen LogP contribution in [0.3, 0.4) is 0 Å². The number of nitrogens with one attached hydrogen (secondary N) is 2. The van der Waals surface area contributed by atoms with Crippen LogP contribution in [0.5, 0.6) is 0 Å². The molecule has 0 spiro atoms. The fourth-order valence-electron chi connectivity index (χ4n) is 1.21. The predicted molar refractivity (Wildman–Crippen MR) is 57.3 cm³/mol. The third-order valence-electron chi connectivity index (χ3n) is 1.97. The van der Waals surface area contributed by atoms with Crippen molar-refractivity contribution < 1.29 is 9.53 Å². The van der Waals surface area contributed by atoms with E-state index in [1.54, 1.807) is 14.2 Å². The zero-order valence-corrected chi connectivity index (χ0v) is 9.64. The Hall–Kier alpha value is -0.610. The van der Waals surface area contributed by atoms with E-state index in [0.717, 1.165) is 13.0 Å². The maximum atomic E-state index is 10.9. The molecule has 0 saturated carbocycles. The monoisotopic (exact) mass is 202 g/mol. The van der Waals surface area contributed by atoms with Crippen LogP contribution in [0.15, 0.2) is 0 Å². The summed E-state index contributed by atoms with van der Waals surface area (Å²) in [5, 5.41) is 5.93. The quantitative estimate of drug-likeness (QED) is 0.592. The van der Waals surface area contributed by atoms with Gasteiger partial charge in [-0.1, -0.05) is 0 Å². The molecule has 0 aliphatic rings. The Balaban J connectivity index is 3.48. The van der Waals surface area contributed by atoms with Crippen LogP contribution in [0.25, 0.3) is 0 Å². The Morgan fingerprint density at radius 1 is 1.43 bits per heavy atom. The van der Waals surface area contributed by atoms with E-state index in [1.165, 1.54) is 0 Å². The van der Waals surface area contributed by atoms with Crippen LogP contribution < -0.4 is 10.6 Å². The molecular formula is C10H22N2O2. The van der Waals surface area contributed by atoms with Gasteiger partial charge in [0.05, 0.1) is 6.61 Å². The maximum absolute atomic E-state index is 10.9. The summed E-state index contributed by atoms with van der Waals surface area (Å²) < 4.78 is 5.06. The van der Waals surface area contributed by atoms with Gasteiger partial charge in [-0.15, -0.1) is 0 Å². The highest BCUT2D eigenvalue weighted by Crippen LogP contribution is 2.02. The zero-order valence-electron chi connectivity index (χ0n) is 9.64. The maximum Gasteiger partial charge on any atom is 0.219 e. The Labute approximate surface area is 86.4 Å². The van der Waals surface area contributed by atoms with Crippen molar-refractivity contribution in [2.24, 2.45) is 0 Å². The van der Waals surface area contributed by atoms with E-state index in [-0.39, 0.29) is 11.4 Å². The summed E-state index contributed by atoms with van der Waals surface area (Å²) in [6.07, 6.45) is 1.43. The Morgan fingerprint density at radius 3 is 2.57 bits per heavy atom. The van der Waals surface area contributed by atoms with E-state index in [4.69, 9.17) is 4.74 Å². The molecule has 0 aliphatic heterocycles. The van der Waals surface area contributed by atoms with Crippen molar-refractivity contribution in [3.8, 4) is 0 Å².